The lowest BCUT2D eigenvalue weighted by Crippen LogP contribution is -2.41. The molecule has 0 radical (unpaired) electrons. The Morgan fingerprint density at radius 1 is 1.18 bits per heavy atom. The maximum atomic E-state index is 13.1. The van der Waals surface area contributed by atoms with Crippen molar-refractivity contribution >= 4 is 5.91 Å². The first kappa shape index (κ1) is 20.9. The van der Waals surface area contributed by atoms with E-state index in [1.165, 1.54) is 36.8 Å². The Bertz CT molecular complexity index is 645. The molecule has 0 bridgehead atoms. The number of rotatable bonds is 8. The van der Waals surface area contributed by atoms with E-state index in [1.54, 1.807) is 7.11 Å². The molecule has 0 N–H and O–H groups in total. The second-order valence-electron chi connectivity index (χ2n) is 8.47. The molecule has 0 unspecified atom stereocenters. The zero-order chi connectivity index (χ0) is 19.8. The van der Waals surface area contributed by atoms with Crippen molar-refractivity contribution in [1.82, 2.24) is 9.80 Å². The number of amides is 1. The number of likely N-dealkylation sites (tertiary alicyclic amines) is 1. The minimum Gasteiger partial charge on any atom is -0.497 e. The number of allylic oxidation sites excluding steroid dienone is 1. The van der Waals surface area contributed by atoms with E-state index in [-0.39, 0.29) is 0 Å². The fraction of sp³-hybridized carbons (Fsp3) is 0.625. The van der Waals surface area contributed by atoms with Gasteiger partial charge in [-0.1, -0.05) is 23.8 Å². The Balaban J connectivity index is 1.60. The van der Waals surface area contributed by atoms with E-state index in [1.807, 2.05) is 12.1 Å². The summed E-state index contributed by atoms with van der Waals surface area (Å²) in [7, 11) is 3.88. The second kappa shape index (κ2) is 10.7. The molecule has 1 fully saturated rings. The number of hydrogen-bond donors (Lipinski definition) is 0. The van der Waals surface area contributed by atoms with Crippen LogP contribution in [0.1, 0.15) is 50.5 Å². The van der Waals surface area contributed by atoms with Crippen LogP contribution in [0, 0.1) is 5.92 Å². The predicted octanol–water partition coefficient (Wildman–Crippen LogP) is 4.30. The van der Waals surface area contributed by atoms with Crippen molar-refractivity contribution in [2.45, 2.75) is 51.4 Å². The van der Waals surface area contributed by atoms with Crippen LogP contribution in [-0.4, -0.2) is 56.0 Å². The summed E-state index contributed by atoms with van der Waals surface area (Å²) in [4.78, 5) is 17.7. The van der Waals surface area contributed by atoms with Gasteiger partial charge in [-0.15, -0.1) is 0 Å². The quantitative estimate of drug-likeness (QED) is 0.627. The molecule has 1 saturated heterocycles. The molecule has 0 atom stereocenters. The molecule has 1 amide bonds. The van der Waals surface area contributed by atoms with Crippen molar-refractivity contribution in [3.05, 3.63) is 41.5 Å². The zero-order valence-electron chi connectivity index (χ0n) is 17.7. The average Bonchev–Trinajstić information content (AvgIpc) is 2.73. The van der Waals surface area contributed by atoms with Gasteiger partial charge in [0, 0.05) is 19.5 Å². The number of piperidine rings is 1. The highest BCUT2D eigenvalue weighted by Gasteiger charge is 2.23. The van der Waals surface area contributed by atoms with Crippen LogP contribution in [0.3, 0.4) is 0 Å². The summed E-state index contributed by atoms with van der Waals surface area (Å²) >= 11 is 0. The smallest absolute Gasteiger partial charge is 0.226 e. The molecule has 1 aromatic rings. The lowest BCUT2D eigenvalue weighted by Gasteiger charge is -2.33. The van der Waals surface area contributed by atoms with Gasteiger partial charge in [-0.25, -0.2) is 0 Å². The zero-order valence-corrected chi connectivity index (χ0v) is 17.7. The predicted molar refractivity (Wildman–Crippen MR) is 115 cm³/mol. The first-order chi connectivity index (χ1) is 13.6. The molecule has 1 aliphatic carbocycles. The van der Waals surface area contributed by atoms with Crippen LogP contribution < -0.4 is 4.74 Å². The molecule has 1 aliphatic heterocycles. The van der Waals surface area contributed by atoms with Crippen LogP contribution in [0.4, 0.5) is 0 Å². The van der Waals surface area contributed by atoms with Crippen molar-refractivity contribution in [3.63, 3.8) is 0 Å². The summed E-state index contributed by atoms with van der Waals surface area (Å²) in [5, 5.41) is 0. The van der Waals surface area contributed by atoms with Gasteiger partial charge in [0.25, 0.3) is 0 Å². The summed E-state index contributed by atoms with van der Waals surface area (Å²) in [5.41, 5.74) is 2.62. The second-order valence-corrected chi connectivity index (χ2v) is 8.47. The van der Waals surface area contributed by atoms with E-state index in [4.69, 9.17) is 4.74 Å². The number of ether oxygens (including phenoxy) is 1. The fourth-order valence-corrected chi connectivity index (χ4v) is 4.30. The van der Waals surface area contributed by atoms with Gasteiger partial charge in [-0.05, 0) is 88.7 Å². The molecular weight excluding hydrogens is 348 g/mol. The summed E-state index contributed by atoms with van der Waals surface area (Å²) in [5.74, 6) is 1.84. The maximum Gasteiger partial charge on any atom is 0.226 e. The highest BCUT2D eigenvalue weighted by molar-refractivity contribution is 5.78. The van der Waals surface area contributed by atoms with Gasteiger partial charge in [-0.2, -0.15) is 0 Å². The largest absolute Gasteiger partial charge is 0.497 e. The van der Waals surface area contributed by atoms with E-state index >= 15 is 0 Å². The molecule has 1 aromatic carbocycles. The Hall–Kier alpha value is -1.81. The van der Waals surface area contributed by atoms with Gasteiger partial charge < -0.3 is 14.5 Å². The highest BCUT2D eigenvalue weighted by atomic mass is 16.5. The standard InChI is InChI=1S/C24H36N2O2/c1-25-15-12-22(13-16-25)19-26(24(27)18-21-6-4-3-5-7-21)17-14-20-8-10-23(28-2)11-9-20/h6,8-11,22H,3-5,7,12-19H2,1-2H3. The van der Waals surface area contributed by atoms with Crippen LogP contribution in [0.5, 0.6) is 5.75 Å². The van der Waals surface area contributed by atoms with E-state index in [2.05, 4.69) is 35.1 Å². The third-order valence-electron chi connectivity index (χ3n) is 6.26. The van der Waals surface area contributed by atoms with Crippen LogP contribution in [0.15, 0.2) is 35.9 Å². The van der Waals surface area contributed by atoms with Gasteiger partial charge in [0.05, 0.1) is 7.11 Å². The first-order valence-corrected chi connectivity index (χ1v) is 10.9. The van der Waals surface area contributed by atoms with Gasteiger partial charge in [-0.3, -0.25) is 4.79 Å². The normalized spacial score (nSPS) is 18.6. The van der Waals surface area contributed by atoms with E-state index in [0.717, 1.165) is 51.2 Å². The third-order valence-corrected chi connectivity index (χ3v) is 6.26. The Kier molecular flexibility index (Phi) is 7.96. The van der Waals surface area contributed by atoms with Crippen LogP contribution >= 0.6 is 0 Å². The van der Waals surface area contributed by atoms with E-state index < -0.39 is 0 Å². The SMILES string of the molecule is COc1ccc(CCN(CC2CCN(C)CC2)C(=O)CC2=CCCCC2)cc1. The Morgan fingerprint density at radius 3 is 2.57 bits per heavy atom. The first-order valence-electron chi connectivity index (χ1n) is 10.9. The minimum absolute atomic E-state index is 0.320. The Labute approximate surface area is 170 Å². The highest BCUT2D eigenvalue weighted by Crippen LogP contribution is 2.23. The molecule has 4 nitrogen and oxygen atoms in total. The number of hydrogen-bond acceptors (Lipinski definition) is 3. The monoisotopic (exact) mass is 384 g/mol. The maximum absolute atomic E-state index is 13.1. The molecule has 3 rings (SSSR count). The summed E-state index contributed by atoms with van der Waals surface area (Å²) in [6.45, 7) is 4.02. The molecule has 154 valence electrons. The average molecular weight is 385 g/mol. The molecule has 28 heavy (non-hydrogen) atoms. The molecule has 1 heterocycles. The number of carbonyl (C=O) groups excluding carboxylic acids is 1. The van der Waals surface area contributed by atoms with Gasteiger partial charge in [0.1, 0.15) is 5.75 Å². The van der Waals surface area contributed by atoms with Crippen molar-refractivity contribution in [2.24, 2.45) is 5.92 Å². The summed E-state index contributed by atoms with van der Waals surface area (Å²) in [6.07, 6.45) is 11.0. The molecule has 0 spiro atoms. The van der Waals surface area contributed by atoms with Gasteiger partial charge >= 0.3 is 0 Å². The molecule has 0 aromatic heterocycles. The van der Waals surface area contributed by atoms with Gasteiger partial charge in [0.2, 0.25) is 5.91 Å². The number of benzene rings is 1. The lowest BCUT2D eigenvalue weighted by molar-refractivity contribution is -0.131. The third kappa shape index (κ3) is 6.37. The van der Waals surface area contributed by atoms with Crippen molar-refractivity contribution in [3.8, 4) is 5.75 Å². The summed E-state index contributed by atoms with van der Waals surface area (Å²) < 4.78 is 5.25. The van der Waals surface area contributed by atoms with Crippen molar-refractivity contribution in [2.75, 3.05) is 40.3 Å². The summed E-state index contributed by atoms with van der Waals surface area (Å²) in [6, 6.07) is 8.23. The number of carbonyl (C=O) groups is 1. The van der Waals surface area contributed by atoms with E-state index in [0.29, 0.717) is 18.2 Å². The molecule has 4 heteroatoms. The molecular formula is C24H36N2O2. The van der Waals surface area contributed by atoms with Crippen molar-refractivity contribution < 1.29 is 9.53 Å². The Morgan fingerprint density at radius 2 is 1.93 bits per heavy atom. The number of methoxy groups -OCH3 is 1. The number of nitrogens with zero attached hydrogens (tertiary/aromatic N) is 2. The molecule has 2 aliphatic rings. The van der Waals surface area contributed by atoms with Gasteiger partial charge in [0.15, 0.2) is 0 Å². The van der Waals surface area contributed by atoms with Crippen LogP contribution in [0.25, 0.3) is 0 Å². The van der Waals surface area contributed by atoms with E-state index in [9.17, 15) is 4.79 Å². The molecule has 0 saturated carbocycles. The van der Waals surface area contributed by atoms with Crippen molar-refractivity contribution in [1.29, 1.82) is 0 Å². The topological polar surface area (TPSA) is 32.8 Å². The van der Waals surface area contributed by atoms with Crippen LogP contribution in [0.2, 0.25) is 0 Å². The lowest BCUT2D eigenvalue weighted by atomic mass is 9.94. The fourth-order valence-electron chi connectivity index (χ4n) is 4.30. The van der Waals surface area contributed by atoms with Crippen LogP contribution in [-0.2, 0) is 11.2 Å². The minimum atomic E-state index is 0.320.